The lowest BCUT2D eigenvalue weighted by Crippen LogP contribution is -2.40. The molecular formula is C14H20FN3O4. The van der Waals surface area contributed by atoms with Crippen LogP contribution in [0, 0.1) is 5.82 Å². The van der Waals surface area contributed by atoms with Crippen molar-refractivity contribution in [1.82, 2.24) is 0 Å². The average molecular weight is 313 g/mol. The van der Waals surface area contributed by atoms with Crippen molar-refractivity contribution in [1.29, 1.82) is 0 Å². The Hall–Kier alpha value is -1.90. The van der Waals surface area contributed by atoms with Crippen molar-refractivity contribution in [2.24, 2.45) is 5.73 Å². The molecule has 4 N–H and O–H groups in total. The van der Waals surface area contributed by atoms with Crippen molar-refractivity contribution >= 4 is 17.5 Å². The zero-order valence-corrected chi connectivity index (χ0v) is 12.1. The van der Waals surface area contributed by atoms with Crippen LogP contribution in [-0.2, 0) is 4.74 Å². The number of hydrogen-bond acceptors (Lipinski definition) is 5. The van der Waals surface area contributed by atoms with Crippen LogP contribution in [0.15, 0.2) is 18.2 Å². The van der Waals surface area contributed by atoms with Gasteiger partial charge in [-0.3, -0.25) is 4.90 Å². The van der Waals surface area contributed by atoms with Gasteiger partial charge in [0.1, 0.15) is 5.82 Å². The molecule has 1 atom stereocenters. The van der Waals surface area contributed by atoms with E-state index >= 15 is 0 Å². The molecule has 1 fully saturated rings. The van der Waals surface area contributed by atoms with Crippen LogP contribution >= 0.6 is 0 Å². The van der Waals surface area contributed by atoms with E-state index in [-0.39, 0.29) is 18.8 Å². The minimum atomic E-state index is -1.27. The Balaban J connectivity index is 2.20. The maximum atomic E-state index is 14.3. The number of hydrogen-bond donors (Lipinski definition) is 3. The number of aliphatic hydroxyl groups excluding tert-OH is 1. The summed E-state index contributed by atoms with van der Waals surface area (Å²) in [5, 5.41) is 18.7. The first-order valence-electron chi connectivity index (χ1n) is 7.03. The van der Waals surface area contributed by atoms with E-state index in [1.54, 1.807) is 6.07 Å². The fourth-order valence-electron chi connectivity index (χ4n) is 2.30. The maximum absolute atomic E-state index is 14.3. The van der Waals surface area contributed by atoms with Crippen molar-refractivity contribution in [3.05, 3.63) is 24.0 Å². The van der Waals surface area contributed by atoms with Crippen molar-refractivity contribution in [2.75, 3.05) is 49.2 Å². The fraction of sp³-hybridized carbons (Fsp3) is 0.500. The molecule has 7 nitrogen and oxygen atoms in total. The van der Waals surface area contributed by atoms with Gasteiger partial charge in [-0.15, -0.1) is 0 Å². The van der Waals surface area contributed by atoms with E-state index in [2.05, 4.69) is 0 Å². The SMILES string of the molecule is NC[C@H](O)CN(C(=O)O)c1ccc(N2CCOCC2)c(F)c1. The van der Waals surface area contributed by atoms with Gasteiger partial charge in [0.15, 0.2) is 0 Å². The zero-order chi connectivity index (χ0) is 16.1. The summed E-state index contributed by atoms with van der Waals surface area (Å²) < 4.78 is 19.5. The highest BCUT2D eigenvalue weighted by molar-refractivity contribution is 5.86. The predicted octanol–water partition coefficient (Wildman–Crippen LogP) is 0.466. The second-order valence-corrected chi connectivity index (χ2v) is 5.02. The first kappa shape index (κ1) is 16.5. The Morgan fingerprint density at radius 1 is 1.45 bits per heavy atom. The molecule has 8 heteroatoms. The van der Waals surface area contributed by atoms with Gasteiger partial charge < -0.3 is 25.6 Å². The number of amides is 1. The number of ether oxygens (including phenoxy) is 1. The molecule has 1 aliphatic heterocycles. The molecular weight excluding hydrogens is 293 g/mol. The van der Waals surface area contributed by atoms with Gasteiger partial charge >= 0.3 is 6.09 Å². The van der Waals surface area contributed by atoms with E-state index in [4.69, 9.17) is 10.5 Å². The number of aliphatic hydroxyl groups is 1. The van der Waals surface area contributed by atoms with Crippen molar-refractivity contribution in [3.8, 4) is 0 Å². The van der Waals surface area contributed by atoms with Crippen LogP contribution in [0.1, 0.15) is 0 Å². The number of rotatable bonds is 5. The van der Waals surface area contributed by atoms with E-state index in [0.717, 1.165) is 11.0 Å². The lowest BCUT2D eigenvalue weighted by Gasteiger charge is -2.30. The van der Waals surface area contributed by atoms with Crippen LogP contribution in [0.3, 0.4) is 0 Å². The topological polar surface area (TPSA) is 99.3 Å². The summed E-state index contributed by atoms with van der Waals surface area (Å²) in [6.07, 6.45) is -2.27. The van der Waals surface area contributed by atoms with E-state index in [1.165, 1.54) is 6.07 Å². The molecule has 0 aliphatic carbocycles. The Labute approximate surface area is 127 Å². The van der Waals surface area contributed by atoms with Crippen molar-refractivity contribution in [2.45, 2.75) is 6.10 Å². The second kappa shape index (κ2) is 7.39. The van der Waals surface area contributed by atoms with E-state index in [0.29, 0.717) is 32.0 Å². The third-order valence-corrected chi connectivity index (χ3v) is 3.49. The number of carbonyl (C=O) groups is 1. The Bertz CT molecular complexity index is 523. The highest BCUT2D eigenvalue weighted by Crippen LogP contribution is 2.26. The second-order valence-electron chi connectivity index (χ2n) is 5.02. The molecule has 2 rings (SSSR count). The Morgan fingerprint density at radius 2 is 2.14 bits per heavy atom. The van der Waals surface area contributed by atoms with Gasteiger partial charge in [-0.25, -0.2) is 9.18 Å². The number of halogens is 1. The highest BCUT2D eigenvalue weighted by Gasteiger charge is 2.21. The molecule has 22 heavy (non-hydrogen) atoms. The lowest BCUT2D eigenvalue weighted by atomic mass is 10.2. The van der Waals surface area contributed by atoms with Gasteiger partial charge in [0, 0.05) is 19.6 Å². The van der Waals surface area contributed by atoms with Crippen LogP contribution in [0.2, 0.25) is 0 Å². The normalized spacial score (nSPS) is 16.4. The fourth-order valence-corrected chi connectivity index (χ4v) is 2.30. The van der Waals surface area contributed by atoms with Crippen LogP contribution in [0.25, 0.3) is 0 Å². The van der Waals surface area contributed by atoms with Gasteiger partial charge in [-0.2, -0.15) is 0 Å². The molecule has 122 valence electrons. The number of nitrogens with zero attached hydrogens (tertiary/aromatic N) is 2. The Morgan fingerprint density at radius 3 is 2.68 bits per heavy atom. The standard InChI is InChI=1S/C14H20FN3O4/c15-12-7-10(18(14(20)21)9-11(19)8-16)1-2-13(12)17-3-5-22-6-4-17/h1-2,7,11,19H,3-6,8-9,16H2,(H,20,21)/t11-/m0/s1. The number of carboxylic acid groups (broad SMARTS) is 1. The van der Waals surface area contributed by atoms with Gasteiger partial charge in [0.05, 0.1) is 37.2 Å². The van der Waals surface area contributed by atoms with E-state index in [1.807, 2.05) is 4.90 Å². The quantitative estimate of drug-likeness (QED) is 0.731. The zero-order valence-electron chi connectivity index (χ0n) is 12.1. The summed E-state index contributed by atoms with van der Waals surface area (Å²) in [6.45, 7) is 1.96. The molecule has 1 heterocycles. The van der Waals surface area contributed by atoms with Gasteiger partial charge in [0.2, 0.25) is 0 Å². The molecule has 0 aromatic heterocycles. The monoisotopic (exact) mass is 313 g/mol. The van der Waals surface area contributed by atoms with Crippen LogP contribution in [0.4, 0.5) is 20.6 Å². The van der Waals surface area contributed by atoms with Crippen LogP contribution in [0.5, 0.6) is 0 Å². The molecule has 1 aromatic carbocycles. The van der Waals surface area contributed by atoms with Gasteiger partial charge in [-0.1, -0.05) is 0 Å². The molecule has 1 amide bonds. The van der Waals surface area contributed by atoms with E-state index < -0.39 is 18.0 Å². The first-order chi connectivity index (χ1) is 10.5. The number of benzene rings is 1. The summed E-state index contributed by atoms with van der Waals surface area (Å²) in [6, 6.07) is 4.22. The lowest BCUT2D eigenvalue weighted by molar-refractivity contribution is 0.122. The third kappa shape index (κ3) is 3.85. The summed E-state index contributed by atoms with van der Waals surface area (Å²) in [5.74, 6) is -0.507. The predicted molar refractivity (Wildman–Crippen MR) is 79.9 cm³/mol. The number of anilines is 2. The summed E-state index contributed by atoms with van der Waals surface area (Å²) in [7, 11) is 0. The molecule has 0 spiro atoms. The smallest absolute Gasteiger partial charge is 0.411 e. The number of morpholine rings is 1. The summed E-state index contributed by atoms with van der Waals surface area (Å²) in [4.78, 5) is 14.0. The highest BCUT2D eigenvalue weighted by atomic mass is 19.1. The average Bonchev–Trinajstić information content (AvgIpc) is 2.52. The molecule has 0 bridgehead atoms. The van der Waals surface area contributed by atoms with Gasteiger partial charge in [-0.05, 0) is 18.2 Å². The molecule has 0 unspecified atom stereocenters. The van der Waals surface area contributed by atoms with Crippen molar-refractivity contribution in [3.63, 3.8) is 0 Å². The third-order valence-electron chi connectivity index (χ3n) is 3.49. The minimum Gasteiger partial charge on any atom is -0.465 e. The van der Waals surface area contributed by atoms with Crippen LogP contribution < -0.4 is 15.5 Å². The maximum Gasteiger partial charge on any atom is 0.411 e. The Kier molecular flexibility index (Phi) is 5.53. The van der Waals surface area contributed by atoms with Gasteiger partial charge in [0.25, 0.3) is 0 Å². The minimum absolute atomic E-state index is 0.0713. The molecule has 0 saturated carbocycles. The van der Waals surface area contributed by atoms with Crippen molar-refractivity contribution < 1.29 is 24.1 Å². The number of nitrogens with two attached hydrogens (primary N) is 1. The molecule has 1 saturated heterocycles. The van der Waals surface area contributed by atoms with Crippen LogP contribution in [-0.4, -0.2) is 61.8 Å². The first-order valence-corrected chi connectivity index (χ1v) is 7.03. The summed E-state index contributed by atoms with van der Waals surface area (Å²) >= 11 is 0. The molecule has 0 radical (unpaired) electrons. The summed E-state index contributed by atoms with van der Waals surface area (Å²) in [5.41, 5.74) is 5.86. The molecule has 1 aromatic rings. The van der Waals surface area contributed by atoms with E-state index in [9.17, 15) is 19.4 Å². The largest absolute Gasteiger partial charge is 0.465 e. The molecule has 1 aliphatic rings.